The van der Waals surface area contributed by atoms with Gasteiger partial charge in [0.25, 0.3) is 0 Å². The molecule has 1 saturated heterocycles. The van der Waals surface area contributed by atoms with Gasteiger partial charge in [0.2, 0.25) is 0 Å². The minimum atomic E-state index is 0. The summed E-state index contributed by atoms with van der Waals surface area (Å²) in [7, 11) is 3.54. The number of piperazine rings is 1. The smallest absolute Gasteiger partial charge is 0.127 e. The molecule has 0 bridgehead atoms. The molecule has 1 atom stereocenters. The highest BCUT2D eigenvalue weighted by atomic mass is 35.5. The lowest BCUT2D eigenvalue weighted by atomic mass is 9.95. The lowest BCUT2D eigenvalue weighted by Gasteiger charge is -2.36. The number of aryl methyl sites for hydroxylation is 1. The van der Waals surface area contributed by atoms with Gasteiger partial charge in [-0.15, -0.1) is 24.8 Å². The SMILES string of the molecule is COc1cc(C)cc(OC)c1[C@H](CC1CC1)N1CCNCC1.Cl.Cl. The number of benzene rings is 1. The first-order chi connectivity index (χ1) is 10.7. The van der Waals surface area contributed by atoms with Crippen molar-refractivity contribution in [3.8, 4) is 11.5 Å². The van der Waals surface area contributed by atoms with E-state index in [0.29, 0.717) is 6.04 Å². The fraction of sp³-hybridized carbons (Fsp3) is 0.667. The van der Waals surface area contributed by atoms with Gasteiger partial charge in [-0.3, -0.25) is 4.90 Å². The molecule has 6 heteroatoms. The molecule has 4 nitrogen and oxygen atoms in total. The van der Waals surface area contributed by atoms with Crippen LogP contribution in [0.3, 0.4) is 0 Å². The van der Waals surface area contributed by atoms with Crippen molar-refractivity contribution in [1.29, 1.82) is 0 Å². The Bertz CT molecular complexity index is 493. The molecule has 138 valence electrons. The van der Waals surface area contributed by atoms with Gasteiger partial charge in [-0.25, -0.2) is 0 Å². The highest BCUT2D eigenvalue weighted by Crippen LogP contribution is 2.45. The van der Waals surface area contributed by atoms with Crippen LogP contribution in [0.25, 0.3) is 0 Å². The zero-order valence-electron chi connectivity index (χ0n) is 14.8. The van der Waals surface area contributed by atoms with Gasteiger partial charge >= 0.3 is 0 Å². The predicted octanol–water partition coefficient (Wildman–Crippen LogP) is 3.60. The van der Waals surface area contributed by atoms with Crippen LogP contribution >= 0.6 is 24.8 Å². The van der Waals surface area contributed by atoms with E-state index < -0.39 is 0 Å². The number of rotatable bonds is 6. The summed E-state index contributed by atoms with van der Waals surface area (Å²) in [5.74, 6) is 2.82. The maximum atomic E-state index is 5.72. The van der Waals surface area contributed by atoms with Crippen molar-refractivity contribution in [3.63, 3.8) is 0 Å². The second-order valence-corrected chi connectivity index (χ2v) is 6.56. The Hall–Kier alpha value is -0.680. The Kier molecular flexibility index (Phi) is 8.65. The van der Waals surface area contributed by atoms with E-state index in [4.69, 9.17) is 9.47 Å². The van der Waals surface area contributed by atoms with E-state index in [1.165, 1.54) is 30.4 Å². The Morgan fingerprint density at radius 3 is 2.08 bits per heavy atom. The molecule has 1 aromatic rings. The molecule has 3 rings (SSSR count). The van der Waals surface area contributed by atoms with Gasteiger partial charge in [0.05, 0.1) is 19.8 Å². The van der Waals surface area contributed by atoms with Gasteiger partial charge in [0.1, 0.15) is 11.5 Å². The van der Waals surface area contributed by atoms with Crippen molar-refractivity contribution in [2.75, 3.05) is 40.4 Å². The molecule has 0 radical (unpaired) electrons. The third kappa shape index (κ3) is 4.92. The fourth-order valence-corrected chi connectivity index (χ4v) is 3.51. The van der Waals surface area contributed by atoms with Crippen LogP contribution < -0.4 is 14.8 Å². The summed E-state index contributed by atoms with van der Waals surface area (Å²) in [6, 6.07) is 4.68. The molecule has 0 unspecified atom stereocenters. The molecular weight excluding hydrogens is 347 g/mol. The largest absolute Gasteiger partial charge is 0.496 e. The topological polar surface area (TPSA) is 33.7 Å². The number of hydrogen-bond donors (Lipinski definition) is 1. The van der Waals surface area contributed by atoms with Crippen molar-refractivity contribution in [2.45, 2.75) is 32.2 Å². The summed E-state index contributed by atoms with van der Waals surface area (Å²) in [5.41, 5.74) is 2.42. The zero-order valence-corrected chi connectivity index (χ0v) is 16.5. The van der Waals surface area contributed by atoms with Crippen molar-refractivity contribution in [3.05, 3.63) is 23.3 Å². The van der Waals surface area contributed by atoms with Crippen LogP contribution in [0.4, 0.5) is 0 Å². The molecule has 0 spiro atoms. The highest BCUT2D eigenvalue weighted by Gasteiger charge is 2.33. The van der Waals surface area contributed by atoms with Gasteiger partial charge < -0.3 is 14.8 Å². The average molecular weight is 377 g/mol. The normalized spacial score (nSPS) is 19.0. The Balaban J connectivity index is 0.00000144. The first-order valence-corrected chi connectivity index (χ1v) is 8.40. The highest BCUT2D eigenvalue weighted by molar-refractivity contribution is 5.85. The van der Waals surface area contributed by atoms with Crippen LogP contribution in [0.5, 0.6) is 11.5 Å². The number of ether oxygens (including phenoxy) is 2. The standard InChI is InChI=1S/C18H28N2O2.2ClH/c1-13-10-16(21-2)18(17(11-13)22-3)15(12-14-4-5-14)20-8-6-19-7-9-20;;/h10-11,14-15,19H,4-9,12H2,1-3H3;2*1H/t15-;;/m0../s1. The minimum Gasteiger partial charge on any atom is -0.496 e. The first kappa shape index (κ1) is 21.4. The number of methoxy groups -OCH3 is 2. The van der Waals surface area contributed by atoms with Crippen molar-refractivity contribution in [1.82, 2.24) is 10.2 Å². The summed E-state index contributed by atoms with van der Waals surface area (Å²) in [5, 5.41) is 3.45. The number of halogens is 2. The van der Waals surface area contributed by atoms with E-state index in [9.17, 15) is 0 Å². The van der Waals surface area contributed by atoms with Crippen LogP contribution in [0.1, 0.15) is 36.4 Å². The average Bonchev–Trinajstić information content (AvgIpc) is 3.37. The monoisotopic (exact) mass is 376 g/mol. The molecule has 1 saturated carbocycles. The third-order valence-electron chi connectivity index (χ3n) is 4.87. The zero-order chi connectivity index (χ0) is 15.5. The second kappa shape index (κ2) is 9.71. The van der Waals surface area contributed by atoms with Crippen LogP contribution in [-0.2, 0) is 0 Å². The van der Waals surface area contributed by atoms with E-state index in [0.717, 1.165) is 43.6 Å². The molecule has 2 fully saturated rings. The van der Waals surface area contributed by atoms with Gasteiger partial charge in [0.15, 0.2) is 0 Å². The molecule has 2 aliphatic rings. The van der Waals surface area contributed by atoms with E-state index in [1.54, 1.807) is 14.2 Å². The number of hydrogen-bond acceptors (Lipinski definition) is 4. The van der Waals surface area contributed by atoms with Crippen molar-refractivity contribution < 1.29 is 9.47 Å². The van der Waals surface area contributed by atoms with Crippen molar-refractivity contribution in [2.24, 2.45) is 5.92 Å². The maximum Gasteiger partial charge on any atom is 0.127 e. The maximum absolute atomic E-state index is 5.72. The Morgan fingerprint density at radius 1 is 1.08 bits per heavy atom. The summed E-state index contributed by atoms with van der Waals surface area (Å²) >= 11 is 0. The van der Waals surface area contributed by atoms with Crippen LogP contribution in [-0.4, -0.2) is 45.3 Å². The Labute approximate surface area is 158 Å². The lowest BCUT2D eigenvalue weighted by Crippen LogP contribution is -2.45. The number of nitrogens with one attached hydrogen (secondary N) is 1. The predicted molar refractivity (Wildman–Crippen MR) is 103 cm³/mol. The molecule has 0 amide bonds. The molecular formula is C18H30Cl2N2O2. The summed E-state index contributed by atoms with van der Waals surface area (Å²) in [6.07, 6.45) is 3.97. The molecule has 24 heavy (non-hydrogen) atoms. The van der Waals surface area contributed by atoms with Gasteiger partial charge in [-0.05, 0) is 37.0 Å². The van der Waals surface area contributed by atoms with E-state index in [1.807, 2.05) is 0 Å². The van der Waals surface area contributed by atoms with E-state index in [2.05, 4.69) is 29.3 Å². The molecule has 1 aliphatic carbocycles. The minimum absolute atomic E-state index is 0. The molecule has 1 aliphatic heterocycles. The molecule has 1 N–H and O–H groups in total. The molecule has 1 aromatic carbocycles. The van der Waals surface area contributed by atoms with Crippen LogP contribution in [0.15, 0.2) is 12.1 Å². The fourth-order valence-electron chi connectivity index (χ4n) is 3.51. The van der Waals surface area contributed by atoms with Crippen LogP contribution in [0, 0.1) is 12.8 Å². The first-order valence-electron chi connectivity index (χ1n) is 8.40. The van der Waals surface area contributed by atoms with Gasteiger partial charge in [0, 0.05) is 32.2 Å². The summed E-state index contributed by atoms with van der Waals surface area (Å²) in [6.45, 7) is 6.42. The summed E-state index contributed by atoms with van der Waals surface area (Å²) in [4.78, 5) is 2.60. The molecule has 1 heterocycles. The van der Waals surface area contributed by atoms with E-state index >= 15 is 0 Å². The number of nitrogens with zero attached hydrogens (tertiary/aromatic N) is 1. The van der Waals surface area contributed by atoms with E-state index in [-0.39, 0.29) is 24.8 Å². The van der Waals surface area contributed by atoms with Crippen molar-refractivity contribution >= 4 is 24.8 Å². The lowest BCUT2D eigenvalue weighted by molar-refractivity contribution is 0.155. The van der Waals surface area contributed by atoms with Crippen LogP contribution in [0.2, 0.25) is 0 Å². The third-order valence-corrected chi connectivity index (χ3v) is 4.87. The summed E-state index contributed by atoms with van der Waals surface area (Å²) < 4.78 is 11.4. The van der Waals surface area contributed by atoms with Gasteiger partial charge in [-0.1, -0.05) is 12.8 Å². The second-order valence-electron chi connectivity index (χ2n) is 6.56. The Morgan fingerprint density at radius 2 is 1.62 bits per heavy atom. The van der Waals surface area contributed by atoms with Gasteiger partial charge in [-0.2, -0.15) is 0 Å². The quantitative estimate of drug-likeness (QED) is 0.821. The molecule has 0 aromatic heterocycles.